The van der Waals surface area contributed by atoms with Gasteiger partial charge in [-0.25, -0.2) is 9.37 Å². The second kappa shape index (κ2) is 7.68. The quantitative estimate of drug-likeness (QED) is 0.402. The van der Waals surface area contributed by atoms with Gasteiger partial charge >= 0.3 is 6.08 Å². The van der Waals surface area contributed by atoms with E-state index in [1.54, 1.807) is 12.4 Å². The normalized spacial score (nSPS) is 14.8. The van der Waals surface area contributed by atoms with Crippen molar-refractivity contribution in [1.29, 1.82) is 0 Å². The van der Waals surface area contributed by atoms with Gasteiger partial charge in [-0.05, 0) is 18.8 Å². The number of nitrogens with zero attached hydrogens (tertiary/aromatic N) is 2. The Kier molecular flexibility index (Phi) is 5.90. The molecule has 20 heavy (non-hydrogen) atoms. The van der Waals surface area contributed by atoms with Crippen LogP contribution in [0.2, 0.25) is 0 Å². The number of oxime groups is 1. The Morgan fingerprint density at radius 1 is 1.50 bits per heavy atom. The van der Waals surface area contributed by atoms with Crippen molar-refractivity contribution in [2.45, 2.75) is 23.6 Å². The molecule has 0 bridgehead atoms. The lowest BCUT2D eigenvalue weighted by atomic mass is 10.4. The van der Waals surface area contributed by atoms with Gasteiger partial charge in [0.05, 0.1) is 11.1 Å². The molecule has 1 fully saturated rings. The van der Waals surface area contributed by atoms with E-state index >= 15 is 0 Å². The van der Waals surface area contributed by atoms with E-state index in [1.165, 1.54) is 35.9 Å². The predicted molar refractivity (Wildman–Crippen MR) is 74.1 cm³/mol. The van der Waals surface area contributed by atoms with Crippen molar-refractivity contribution in [3.8, 4) is 0 Å². The highest BCUT2D eigenvalue weighted by atomic mass is 32.2. The van der Waals surface area contributed by atoms with Crippen molar-refractivity contribution < 1.29 is 18.0 Å². The molecule has 1 aromatic rings. The minimum atomic E-state index is -2.25. The third-order valence-electron chi connectivity index (χ3n) is 2.52. The first-order valence-electron chi connectivity index (χ1n) is 6.08. The Morgan fingerprint density at radius 3 is 3.00 bits per heavy atom. The fourth-order valence-electron chi connectivity index (χ4n) is 1.24. The molecule has 2 rings (SSSR count). The summed E-state index contributed by atoms with van der Waals surface area (Å²) in [5.41, 5.74) is 0. The minimum Gasteiger partial charge on any atom is -0.395 e. The van der Waals surface area contributed by atoms with Gasteiger partial charge in [-0.2, -0.15) is 8.78 Å². The molecular formula is C12H13F3N2OS2. The summed E-state index contributed by atoms with van der Waals surface area (Å²) in [4.78, 5) is 10.0. The monoisotopic (exact) mass is 322 g/mol. The maximum Gasteiger partial charge on any atom is 0.301 e. The van der Waals surface area contributed by atoms with E-state index in [0.29, 0.717) is 16.9 Å². The zero-order chi connectivity index (χ0) is 14.4. The van der Waals surface area contributed by atoms with Crippen LogP contribution in [0.3, 0.4) is 0 Å². The molecule has 0 amide bonds. The second-order valence-electron chi connectivity index (χ2n) is 4.27. The number of hydrogen-bond acceptors (Lipinski definition) is 5. The second-order valence-corrected chi connectivity index (χ2v) is 6.67. The average molecular weight is 322 g/mol. The first-order valence-corrected chi connectivity index (χ1v) is 7.89. The lowest BCUT2D eigenvalue weighted by Crippen LogP contribution is -1.89. The van der Waals surface area contributed by atoms with Crippen molar-refractivity contribution in [2.75, 3.05) is 12.4 Å². The SMILES string of the molecule is FC(F)=C(F)CCSc1ncc(/C=N/OCC2CC2)s1. The number of rotatable bonds is 8. The van der Waals surface area contributed by atoms with Gasteiger partial charge in [-0.1, -0.05) is 16.9 Å². The van der Waals surface area contributed by atoms with Gasteiger partial charge < -0.3 is 4.84 Å². The van der Waals surface area contributed by atoms with Crippen LogP contribution in [-0.2, 0) is 4.84 Å². The number of hydrogen-bond donors (Lipinski definition) is 0. The van der Waals surface area contributed by atoms with Gasteiger partial charge in [0.25, 0.3) is 0 Å². The zero-order valence-corrected chi connectivity index (χ0v) is 12.2. The smallest absolute Gasteiger partial charge is 0.301 e. The maximum absolute atomic E-state index is 12.6. The third-order valence-corrected chi connectivity index (χ3v) is 4.61. The third kappa shape index (κ3) is 5.54. The molecule has 0 N–H and O–H groups in total. The average Bonchev–Trinajstić information content (AvgIpc) is 3.14. The first-order chi connectivity index (χ1) is 9.65. The van der Waals surface area contributed by atoms with Crippen LogP contribution in [-0.4, -0.2) is 23.6 Å². The number of aromatic nitrogens is 1. The summed E-state index contributed by atoms with van der Waals surface area (Å²) in [6, 6.07) is 0. The molecule has 0 spiro atoms. The van der Waals surface area contributed by atoms with Crippen molar-refractivity contribution in [2.24, 2.45) is 11.1 Å². The molecule has 0 aromatic carbocycles. The highest BCUT2D eigenvalue weighted by molar-refractivity contribution is 8.01. The van der Waals surface area contributed by atoms with E-state index < -0.39 is 11.9 Å². The van der Waals surface area contributed by atoms with Gasteiger partial charge in [0.1, 0.15) is 10.9 Å². The molecule has 0 saturated heterocycles. The molecule has 0 unspecified atom stereocenters. The highest BCUT2D eigenvalue weighted by Gasteiger charge is 2.21. The number of halogens is 3. The summed E-state index contributed by atoms with van der Waals surface area (Å²) in [5.74, 6) is -0.478. The summed E-state index contributed by atoms with van der Waals surface area (Å²) in [6.07, 6.45) is 3.08. The molecule has 0 atom stereocenters. The molecule has 110 valence electrons. The Morgan fingerprint density at radius 2 is 2.30 bits per heavy atom. The van der Waals surface area contributed by atoms with Crippen LogP contribution in [0.5, 0.6) is 0 Å². The molecule has 1 aliphatic rings. The van der Waals surface area contributed by atoms with Gasteiger partial charge in [-0.15, -0.1) is 11.3 Å². The first kappa shape index (κ1) is 15.4. The minimum absolute atomic E-state index is 0.228. The Balaban J connectivity index is 1.69. The molecule has 0 aliphatic heterocycles. The van der Waals surface area contributed by atoms with E-state index in [2.05, 4.69) is 10.1 Å². The van der Waals surface area contributed by atoms with E-state index in [0.717, 1.165) is 4.88 Å². The summed E-state index contributed by atoms with van der Waals surface area (Å²) in [6.45, 7) is 0.650. The van der Waals surface area contributed by atoms with Crippen molar-refractivity contribution in [3.63, 3.8) is 0 Å². The van der Waals surface area contributed by atoms with Crippen LogP contribution in [0, 0.1) is 5.92 Å². The summed E-state index contributed by atoms with van der Waals surface area (Å²) in [5, 5.41) is 3.84. The van der Waals surface area contributed by atoms with E-state index in [1.807, 2.05) is 0 Å². The standard InChI is InChI=1S/C12H13F3N2OS2/c13-10(11(14)15)3-4-19-12-16-5-9(20-12)6-17-18-7-8-1-2-8/h5-6,8H,1-4,7H2/b17-6+. The molecule has 1 saturated carbocycles. The molecule has 0 radical (unpaired) electrons. The lowest BCUT2D eigenvalue weighted by molar-refractivity contribution is 0.135. The van der Waals surface area contributed by atoms with Gasteiger partial charge in [0, 0.05) is 18.4 Å². The number of thiazole rings is 1. The van der Waals surface area contributed by atoms with Crippen LogP contribution in [0.4, 0.5) is 13.2 Å². The van der Waals surface area contributed by atoms with E-state index in [4.69, 9.17) is 4.84 Å². The largest absolute Gasteiger partial charge is 0.395 e. The van der Waals surface area contributed by atoms with Gasteiger partial charge in [-0.3, -0.25) is 0 Å². The highest BCUT2D eigenvalue weighted by Crippen LogP contribution is 2.29. The Labute approximate surface area is 122 Å². The zero-order valence-electron chi connectivity index (χ0n) is 10.5. The van der Waals surface area contributed by atoms with Gasteiger partial charge in [0.15, 0.2) is 5.83 Å². The summed E-state index contributed by atoms with van der Waals surface area (Å²) < 4.78 is 37.0. The molecule has 1 heterocycles. The fraction of sp³-hybridized carbons (Fsp3) is 0.500. The molecule has 8 heteroatoms. The summed E-state index contributed by atoms with van der Waals surface area (Å²) >= 11 is 2.60. The van der Waals surface area contributed by atoms with Crippen LogP contribution < -0.4 is 0 Å². The molecule has 1 aliphatic carbocycles. The van der Waals surface area contributed by atoms with Crippen molar-refractivity contribution in [1.82, 2.24) is 4.98 Å². The van der Waals surface area contributed by atoms with E-state index in [-0.39, 0.29) is 12.2 Å². The topological polar surface area (TPSA) is 34.5 Å². The molecular weight excluding hydrogens is 309 g/mol. The predicted octanol–water partition coefficient (Wildman–Crippen LogP) is 4.46. The molecule has 1 aromatic heterocycles. The van der Waals surface area contributed by atoms with Crippen LogP contribution in [0.15, 0.2) is 27.6 Å². The van der Waals surface area contributed by atoms with Crippen molar-refractivity contribution >= 4 is 29.3 Å². The van der Waals surface area contributed by atoms with Gasteiger partial charge in [0.2, 0.25) is 0 Å². The van der Waals surface area contributed by atoms with E-state index in [9.17, 15) is 13.2 Å². The number of allylic oxidation sites excluding steroid dienone is 1. The fourth-order valence-corrected chi connectivity index (χ4v) is 3.11. The number of thioether (sulfide) groups is 1. The summed E-state index contributed by atoms with van der Waals surface area (Å²) in [7, 11) is 0. The maximum atomic E-state index is 12.6. The van der Waals surface area contributed by atoms with Crippen LogP contribution in [0.1, 0.15) is 24.1 Å². The Hall–Kier alpha value is -1.02. The van der Waals surface area contributed by atoms with Crippen LogP contribution in [0.25, 0.3) is 0 Å². The van der Waals surface area contributed by atoms with Crippen LogP contribution >= 0.6 is 23.1 Å². The van der Waals surface area contributed by atoms with Crippen molar-refractivity contribution in [3.05, 3.63) is 23.0 Å². The Bertz CT molecular complexity index is 497. The molecule has 3 nitrogen and oxygen atoms in total. The lowest BCUT2D eigenvalue weighted by Gasteiger charge is -1.95.